The minimum Gasteiger partial charge on any atom is -0.495 e. The summed E-state index contributed by atoms with van der Waals surface area (Å²) in [6, 6.07) is 1.91. The van der Waals surface area contributed by atoms with E-state index in [0.717, 1.165) is 16.8 Å². The molecule has 0 atom stereocenters. The van der Waals surface area contributed by atoms with Crippen molar-refractivity contribution < 1.29 is 4.74 Å². The highest BCUT2D eigenvalue weighted by Crippen LogP contribution is 2.16. The minimum absolute atomic E-state index is 0.760. The van der Waals surface area contributed by atoms with Gasteiger partial charge in [0.1, 0.15) is 5.75 Å². The summed E-state index contributed by atoms with van der Waals surface area (Å²) in [5.41, 5.74) is 0.871. The zero-order valence-corrected chi connectivity index (χ0v) is 11.0. The van der Waals surface area contributed by atoms with Gasteiger partial charge in [0.25, 0.3) is 0 Å². The lowest BCUT2D eigenvalue weighted by molar-refractivity contribution is 0.413. The number of methoxy groups -OCH3 is 1. The Morgan fingerprint density at radius 3 is 2.31 bits per heavy atom. The van der Waals surface area contributed by atoms with Gasteiger partial charge in [0.05, 0.1) is 19.5 Å². The Bertz CT molecular complexity index is 410. The van der Waals surface area contributed by atoms with Gasteiger partial charge in [0, 0.05) is 12.4 Å². The molecule has 0 radical (unpaired) electrons. The van der Waals surface area contributed by atoms with Gasteiger partial charge in [-0.05, 0) is 6.07 Å². The van der Waals surface area contributed by atoms with Gasteiger partial charge in [-0.25, -0.2) is 4.98 Å². The van der Waals surface area contributed by atoms with Crippen molar-refractivity contribution in [2.45, 2.75) is 27.7 Å². The molecule has 0 unspecified atom stereocenters. The second kappa shape index (κ2) is 7.68. The van der Waals surface area contributed by atoms with Crippen molar-refractivity contribution in [2.24, 2.45) is 7.05 Å². The zero-order chi connectivity index (χ0) is 12.6. The summed E-state index contributed by atoms with van der Waals surface area (Å²) in [4.78, 5) is 4.19. The fourth-order valence-electron chi connectivity index (χ4n) is 1.13. The predicted octanol–water partition coefficient (Wildman–Crippen LogP) is 3.03. The first kappa shape index (κ1) is 14.4. The first-order valence-corrected chi connectivity index (χ1v) is 5.63. The lowest BCUT2D eigenvalue weighted by Crippen LogP contribution is -1.91. The molecule has 2 heterocycles. The Hall–Kier alpha value is -1.58. The van der Waals surface area contributed by atoms with Crippen LogP contribution >= 0.6 is 0 Å². The van der Waals surface area contributed by atoms with Crippen molar-refractivity contribution in [1.82, 2.24) is 14.8 Å². The molecule has 0 aliphatic carbocycles. The minimum atomic E-state index is 0.760. The van der Waals surface area contributed by atoms with Crippen LogP contribution < -0.4 is 4.74 Å². The normalized spacial score (nSPS) is 8.62. The number of hydrogen-bond acceptors (Lipinski definition) is 3. The monoisotopic (exact) mass is 223 g/mol. The molecule has 4 heteroatoms. The lowest BCUT2D eigenvalue weighted by Gasteiger charge is -1.97. The molecule has 0 N–H and O–H groups in total. The van der Waals surface area contributed by atoms with E-state index in [1.807, 2.05) is 40.8 Å². The quantitative estimate of drug-likeness (QED) is 0.746. The van der Waals surface area contributed by atoms with Gasteiger partial charge in [-0.1, -0.05) is 27.7 Å². The highest BCUT2D eigenvalue weighted by molar-refractivity contribution is 5.75. The van der Waals surface area contributed by atoms with E-state index in [-0.39, 0.29) is 0 Å². The third-order valence-corrected chi connectivity index (χ3v) is 1.78. The number of nitrogens with zero attached hydrogens (tertiary/aromatic N) is 3. The highest BCUT2D eigenvalue weighted by Gasteiger charge is 2.00. The van der Waals surface area contributed by atoms with E-state index in [4.69, 9.17) is 4.74 Å². The van der Waals surface area contributed by atoms with Gasteiger partial charge in [-0.2, -0.15) is 5.10 Å². The number of rotatable bonds is 1. The molecule has 4 nitrogen and oxygen atoms in total. The van der Waals surface area contributed by atoms with Crippen LogP contribution in [0.25, 0.3) is 11.0 Å². The number of hydrogen-bond donors (Lipinski definition) is 0. The van der Waals surface area contributed by atoms with E-state index in [0.29, 0.717) is 0 Å². The van der Waals surface area contributed by atoms with Crippen molar-refractivity contribution in [2.75, 3.05) is 7.11 Å². The molecule has 0 aromatic carbocycles. The van der Waals surface area contributed by atoms with Crippen LogP contribution in [0.1, 0.15) is 27.7 Å². The molecule has 0 spiro atoms. The van der Waals surface area contributed by atoms with Crippen molar-refractivity contribution in [3.63, 3.8) is 0 Å². The first-order valence-electron chi connectivity index (χ1n) is 5.63. The molecule has 2 aromatic rings. The molecule has 16 heavy (non-hydrogen) atoms. The molecular formula is C12H21N3O. The molecule has 0 amide bonds. The van der Waals surface area contributed by atoms with Crippen LogP contribution in [-0.4, -0.2) is 21.9 Å². The maximum atomic E-state index is 5.03. The molecule has 0 saturated heterocycles. The molecule has 2 rings (SSSR count). The molecule has 0 fully saturated rings. The maximum absolute atomic E-state index is 5.03. The molecule has 0 aliphatic heterocycles. The van der Waals surface area contributed by atoms with Crippen molar-refractivity contribution in [3.8, 4) is 5.75 Å². The fraction of sp³-hybridized carbons (Fsp3) is 0.500. The molecular weight excluding hydrogens is 202 g/mol. The Kier molecular flexibility index (Phi) is 6.92. The van der Waals surface area contributed by atoms with E-state index in [2.05, 4.69) is 10.1 Å². The molecule has 90 valence electrons. The average Bonchev–Trinajstić information content (AvgIpc) is 2.75. The molecule has 0 aliphatic rings. The van der Waals surface area contributed by atoms with E-state index < -0.39 is 0 Å². The highest BCUT2D eigenvalue weighted by atomic mass is 16.5. The van der Waals surface area contributed by atoms with Crippen LogP contribution in [0.3, 0.4) is 0 Å². The largest absolute Gasteiger partial charge is 0.495 e. The second-order valence-corrected chi connectivity index (χ2v) is 2.56. The molecule has 2 aromatic heterocycles. The number of aryl methyl sites for hydroxylation is 1. The average molecular weight is 223 g/mol. The van der Waals surface area contributed by atoms with Crippen LogP contribution in [0.4, 0.5) is 0 Å². The summed E-state index contributed by atoms with van der Waals surface area (Å²) in [5.74, 6) is 0.760. The van der Waals surface area contributed by atoms with Gasteiger partial charge in [0.2, 0.25) is 0 Å². The third kappa shape index (κ3) is 3.22. The van der Waals surface area contributed by atoms with Gasteiger partial charge < -0.3 is 4.74 Å². The van der Waals surface area contributed by atoms with Gasteiger partial charge in [-0.3, -0.25) is 4.68 Å². The molecule has 0 saturated carbocycles. The summed E-state index contributed by atoms with van der Waals surface area (Å²) in [6.07, 6.45) is 3.45. The zero-order valence-electron chi connectivity index (χ0n) is 11.0. The summed E-state index contributed by atoms with van der Waals surface area (Å²) in [6.45, 7) is 8.00. The summed E-state index contributed by atoms with van der Waals surface area (Å²) >= 11 is 0. The van der Waals surface area contributed by atoms with Crippen LogP contribution in [0, 0.1) is 0 Å². The topological polar surface area (TPSA) is 39.9 Å². The first-order chi connectivity index (χ1) is 7.81. The summed E-state index contributed by atoms with van der Waals surface area (Å²) in [7, 11) is 3.49. The summed E-state index contributed by atoms with van der Waals surface area (Å²) in [5, 5.41) is 5.07. The van der Waals surface area contributed by atoms with Crippen LogP contribution in [0.2, 0.25) is 0 Å². The Morgan fingerprint density at radius 1 is 1.12 bits per heavy atom. The standard InChI is InChI=1S/C8H9N3O.2C2H6/c1-11-8-6(4-10-11)3-7(12-2)5-9-8;2*1-2/h3-5H,1-2H3;2*1-2H3. The second-order valence-electron chi connectivity index (χ2n) is 2.56. The Balaban J connectivity index is 0.000000509. The van der Waals surface area contributed by atoms with Gasteiger partial charge >= 0.3 is 0 Å². The number of ether oxygens (including phenoxy) is 1. The van der Waals surface area contributed by atoms with E-state index in [1.54, 1.807) is 24.2 Å². The van der Waals surface area contributed by atoms with Crippen LogP contribution in [-0.2, 0) is 7.05 Å². The third-order valence-electron chi connectivity index (χ3n) is 1.78. The molecule has 0 bridgehead atoms. The predicted molar refractivity (Wildman–Crippen MR) is 67.8 cm³/mol. The number of aromatic nitrogens is 3. The lowest BCUT2D eigenvalue weighted by atomic mass is 10.3. The Morgan fingerprint density at radius 2 is 1.75 bits per heavy atom. The van der Waals surface area contributed by atoms with Crippen LogP contribution in [0.15, 0.2) is 18.5 Å². The van der Waals surface area contributed by atoms with Crippen molar-refractivity contribution in [3.05, 3.63) is 18.5 Å². The van der Waals surface area contributed by atoms with Gasteiger partial charge in [0.15, 0.2) is 5.65 Å². The smallest absolute Gasteiger partial charge is 0.157 e. The number of fused-ring (bicyclic) bond motifs is 1. The maximum Gasteiger partial charge on any atom is 0.157 e. The van der Waals surface area contributed by atoms with E-state index in [1.165, 1.54) is 0 Å². The Labute approximate surface area is 97.3 Å². The van der Waals surface area contributed by atoms with Crippen molar-refractivity contribution >= 4 is 11.0 Å². The fourth-order valence-corrected chi connectivity index (χ4v) is 1.13. The summed E-state index contributed by atoms with van der Waals surface area (Å²) < 4.78 is 6.76. The number of pyridine rings is 1. The van der Waals surface area contributed by atoms with E-state index >= 15 is 0 Å². The van der Waals surface area contributed by atoms with Crippen molar-refractivity contribution in [1.29, 1.82) is 0 Å². The van der Waals surface area contributed by atoms with Crippen LogP contribution in [0.5, 0.6) is 5.75 Å². The van der Waals surface area contributed by atoms with E-state index in [9.17, 15) is 0 Å². The van der Waals surface area contributed by atoms with Gasteiger partial charge in [-0.15, -0.1) is 0 Å². The SMILES string of the molecule is CC.CC.COc1cnc2c(cnn2C)c1.